The van der Waals surface area contributed by atoms with Crippen molar-refractivity contribution in [2.24, 2.45) is 0 Å². The molecule has 0 aromatic carbocycles. The Morgan fingerprint density at radius 3 is 0.471 bits per heavy atom. The van der Waals surface area contributed by atoms with E-state index in [4.69, 9.17) is 45.0 Å². The fraction of sp³-hybridized carbons (Fsp3) is 0. The van der Waals surface area contributed by atoms with Gasteiger partial charge in [-0.05, 0) is 18.5 Å². The second-order valence-electron chi connectivity index (χ2n) is 0.750. The van der Waals surface area contributed by atoms with E-state index >= 15 is 0 Å². The number of carbonyl (C=O) groups excluding carboxylic acids is 3. The topological polar surface area (TPSA) is 336 Å². The van der Waals surface area contributed by atoms with Gasteiger partial charge in [0.1, 0.15) is 0 Å². The summed E-state index contributed by atoms with van der Waals surface area (Å²) in [7, 11) is 0. The van der Waals surface area contributed by atoms with E-state index in [-0.39, 0.29) is 44.1 Å². The Kier molecular flexibility index (Phi) is 164. The molecule has 16 N–H and O–H groups in total. The second-order valence-corrected chi connectivity index (χ2v) is 0.750. The Labute approximate surface area is 108 Å². The molecule has 17 heavy (non-hydrogen) atoms. The van der Waals surface area contributed by atoms with Crippen molar-refractivity contribution in [3.8, 4) is 0 Å². The fourth-order valence-corrected chi connectivity index (χ4v) is 0. The Morgan fingerprint density at radius 1 is 0.471 bits per heavy atom. The Morgan fingerprint density at radius 2 is 0.471 bits per heavy atom. The minimum Gasteiger partial charge on any atom is -0.652 e. The molecule has 0 rings (SSSR count). The van der Waals surface area contributed by atoms with Crippen molar-refractivity contribution in [1.29, 1.82) is 0 Å². The summed E-state index contributed by atoms with van der Waals surface area (Å²) in [4.78, 5) is 25.0. The van der Waals surface area contributed by atoms with Gasteiger partial charge in [-0.25, -0.2) is 0 Å². The van der Waals surface area contributed by atoms with Gasteiger partial charge in [0, 0.05) is 0 Å². The first-order valence-corrected chi connectivity index (χ1v) is 1.84. The first-order valence-electron chi connectivity index (χ1n) is 1.84. The molecule has 0 unspecified atom stereocenters. The average molecular weight is 318 g/mol. The van der Waals surface area contributed by atoms with Crippen LogP contribution in [0.25, 0.3) is 0 Å². The van der Waals surface area contributed by atoms with Gasteiger partial charge in [-0.1, -0.05) is 0 Å². The molecule has 0 saturated heterocycles. The Balaban J connectivity index is -0.0000000104. The molecular formula is C3H16N4O9Zn. The molecule has 0 atom stereocenters. The summed E-state index contributed by atoms with van der Waals surface area (Å²) in [6.07, 6.45) is -7.00. The van der Waals surface area contributed by atoms with Gasteiger partial charge < -0.3 is 69.6 Å². The van der Waals surface area contributed by atoms with Crippen LogP contribution >= 0.6 is 0 Å². The molecule has 13 nitrogen and oxygen atoms in total. The molecule has 0 aromatic heterocycles. The minimum absolute atomic E-state index is 0. The van der Waals surface area contributed by atoms with Crippen LogP contribution in [0.3, 0.4) is 0 Å². The zero-order chi connectivity index (χ0) is 10.7. The van der Waals surface area contributed by atoms with E-state index in [1.165, 1.54) is 0 Å². The Hall–Kier alpha value is -1.73. The molecular weight excluding hydrogens is 301 g/mol. The van der Waals surface area contributed by atoms with Crippen LogP contribution in [-0.4, -0.2) is 18.5 Å². The normalized spacial score (nSPS) is 4.24. The van der Waals surface area contributed by atoms with Crippen molar-refractivity contribution < 1.29 is 64.5 Å². The second kappa shape index (κ2) is 47.5. The molecule has 0 aliphatic heterocycles. The van der Waals surface area contributed by atoms with Crippen LogP contribution < -0.4 is 55.2 Å². The van der Waals surface area contributed by atoms with Crippen LogP contribution in [0.4, 0.5) is 14.4 Å². The number of hydrogen-bond donors (Lipinski definition) is 4. The quantitative estimate of drug-likeness (QED) is 0.308. The van der Waals surface area contributed by atoms with Crippen LogP contribution in [0.1, 0.15) is 0 Å². The van der Waals surface area contributed by atoms with E-state index in [0.717, 1.165) is 0 Å². The summed E-state index contributed by atoms with van der Waals surface area (Å²) in [5.74, 6) is 0. The molecule has 0 aromatic rings. The SMILES string of the molecule is O=C([O-])[O-].O=C([O-])[O-].O=C([O-])[O-].[NH4+].[NH4+].[NH4+].[NH4+].[Zn+2]. The molecule has 0 aliphatic carbocycles. The summed E-state index contributed by atoms with van der Waals surface area (Å²) in [6, 6.07) is 0. The van der Waals surface area contributed by atoms with Gasteiger partial charge in [0.25, 0.3) is 0 Å². The molecule has 104 valence electrons. The zero-order valence-corrected chi connectivity index (χ0v) is 12.8. The molecule has 0 radical (unpaired) electrons. The number of quaternary nitrogens is 4. The summed E-state index contributed by atoms with van der Waals surface area (Å²) < 4.78 is 0. The molecule has 0 aliphatic rings. The van der Waals surface area contributed by atoms with E-state index in [1.54, 1.807) is 0 Å². The van der Waals surface area contributed by atoms with E-state index in [0.29, 0.717) is 0 Å². The minimum atomic E-state index is -2.33. The van der Waals surface area contributed by atoms with Crippen LogP contribution in [0.5, 0.6) is 0 Å². The monoisotopic (exact) mass is 316 g/mol. The van der Waals surface area contributed by atoms with Crippen molar-refractivity contribution in [3.63, 3.8) is 0 Å². The molecule has 0 amide bonds. The van der Waals surface area contributed by atoms with Crippen molar-refractivity contribution in [1.82, 2.24) is 24.6 Å². The third kappa shape index (κ3) is 721. The maximum Gasteiger partial charge on any atom is 2.00 e. The average Bonchev–Trinajstić information content (AvgIpc) is 1.54. The predicted octanol–water partition coefficient (Wildman–Crippen LogP) is -5.84. The van der Waals surface area contributed by atoms with E-state index < -0.39 is 18.5 Å². The standard InChI is InChI=1S/3CH2O3.4H3N.Zn/c3*2-1(3)4;;;;;/h3*(H2,2,3,4);4*1H3;/q;;;;;;;+2/p-2. The summed E-state index contributed by atoms with van der Waals surface area (Å²) >= 11 is 0. The first kappa shape index (κ1) is 58.8. The molecule has 0 bridgehead atoms. The maximum absolute atomic E-state index is 8.33. The van der Waals surface area contributed by atoms with Gasteiger partial charge in [-0.15, -0.1) is 0 Å². The fourth-order valence-electron chi connectivity index (χ4n) is 0. The predicted molar refractivity (Wildman–Crippen MR) is 40.1 cm³/mol. The van der Waals surface area contributed by atoms with Gasteiger partial charge in [-0.2, -0.15) is 0 Å². The van der Waals surface area contributed by atoms with Gasteiger partial charge in [0.05, 0.1) is 0 Å². The Bertz CT molecular complexity index is 126. The molecule has 0 heterocycles. The van der Waals surface area contributed by atoms with Crippen molar-refractivity contribution in [2.45, 2.75) is 0 Å². The molecule has 14 heteroatoms. The van der Waals surface area contributed by atoms with Crippen molar-refractivity contribution >= 4 is 18.5 Å². The number of hydrogen-bond acceptors (Lipinski definition) is 9. The van der Waals surface area contributed by atoms with Crippen LogP contribution in [0.2, 0.25) is 0 Å². The van der Waals surface area contributed by atoms with E-state index in [9.17, 15) is 0 Å². The molecule has 0 spiro atoms. The smallest absolute Gasteiger partial charge is 0.652 e. The number of rotatable bonds is 0. The van der Waals surface area contributed by atoms with Crippen molar-refractivity contribution in [3.05, 3.63) is 0 Å². The van der Waals surface area contributed by atoms with Gasteiger partial charge >= 0.3 is 19.5 Å². The summed E-state index contributed by atoms with van der Waals surface area (Å²) in [5.41, 5.74) is 0. The van der Waals surface area contributed by atoms with Crippen LogP contribution in [0, 0.1) is 0 Å². The molecule has 0 saturated carbocycles. The van der Waals surface area contributed by atoms with Crippen LogP contribution in [0.15, 0.2) is 0 Å². The number of carboxylic acid groups (broad SMARTS) is 6. The van der Waals surface area contributed by atoms with Gasteiger partial charge in [-0.3, -0.25) is 0 Å². The summed E-state index contributed by atoms with van der Waals surface area (Å²) in [5, 5.41) is 50.0. The first-order chi connectivity index (χ1) is 5.20. The van der Waals surface area contributed by atoms with E-state index in [1.807, 2.05) is 0 Å². The van der Waals surface area contributed by atoms with Gasteiger partial charge in [0.15, 0.2) is 0 Å². The zero-order valence-electron chi connectivity index (χ0n) is 9.88. The van der Waals surface area contributed by atoms with Crippen LogP contribution in [-0.2, 0) is 19.5 Å². The largest absolute Gasteiger partial charge is 2.00 e. The third-order valence-corrected chi connectivity index (χ3v) is 0. The van der Waals surface area contributed by atoms with Gasteiger partial charge in [0.2, 0.25) is 0 Å². The molecule has 0 fully saturated rings. The number of carbonyl (C=O) groups is 3. The summed E-state index contributed by atoms with van der Waals surface area (Å²) in [6.45, 7) is 0. The van der Waals surface area contributed by atoms with Crippen molar-refractivity contribution in [2.75, 3.05) is 0 Å². The maximum atomic E-state index is 8.33. The van der Waals surface area contributed by atoms with E-state index in [2.05, 4.69) is 0 Å². The third-order valence-electron chi connectivity index (χ3n) is 0.